The number of alkyl halides is 2. The standard InChI is InChI=1S/C8H6BrF2NO3/c9-4-1-3(2-5(13)14)7(15)6(12-4)8(10)11/h1,8,15H,2H2,(H,13,14). The van der Waals surface area contributed by atoms with Gasteiger partial charge in [0.25, 0.3) is 6.43 Å². The van der Waals surface area contributed by atoms with Crippen molar-refractivity contribution in [3.63, 3.8) is 0 Å². The molecule has 2 N–H and O–H groups in total. The van der Waals surface area contributed by atoms with E-state index in [2.05, 4.69) is 20.9 Å². The third-order valence-corrected chi connectivity index (χ3v) is 2.02. The van der Waals surface area contributed by atoms with Gasteiger partial charge in [-0.15, -0.1) is 0 Å². The van der Waals surface area contributed by atoms with Gasteiger partial charge in [-0.2, -0.15) is 0 Å². The first-order valence-corrected chi connectivity index (χ1v) is 4.59. The number of halogens is 3. The highest BCUT2D eigenvalue weighted by molar-refractivity contribution is 9.10. The van der Waals surface area contributed by atoms with E-state index in [-0.39, 0.29) is 10.2 Å². The number of hydrogen-bond donors (Lipinski definition) is 2. The van der Waals surface area contributed by atoms with Gasteiger partial charge in [0.05, 0.1) is 6.42 Å². The number of rotatable bonds is 3. The predicted octanol–water partition coefficient (Wildman–Crippen LogP) is 2.11. The van der Waals surface area contributed by atoms with E-state index in [9.17, 15) is 18.7 Å². The van der Waals surface area contributed by atoms with Gasteiger partial charge in [0, 0.05) is 5.56 Å². The number of carboxylic acids is 1. The summed E-state index contributed by atoms with van der Waals surface area (Å²) in [6.45, 7) is 0. The summed E-state index contributed by atoms with van der Waals surface area (Å²) in [7, 11) is 0. The molecular weight excluding hydrogens is 276 g/mol. The zero-order valence-corrected chi connectivity index (χ0v) is 8.83. The summed E-state index contributed by atoms with van der Waals surface area (Å²) in [5, 5.41) is 17.8. The van der Waals surface area contributed by atoms with E-state index in [1.165, 1.54) is 6.07 Å². The second kappa shape index (κ2) is 4.52. The Kier molecular flexibility index (Phi) is 3.57. The van der Waals surface area contributed by atoms with Gasteiger partial charge < -0.3 is 10.2 Å². The number of aromatic nitrogens is 1. The first-order valence-electron chi connectivity index (χ1n) is 3.80. The molecule has 4 nitrogen and oxygen atoms in total. The molecule has 0 saturated heterocycles. The number of hydrogen-bond acceptors (Lipinski definition) is 3. The van der Waals surface area contributed by atoms with Gasteiger partial charge in [0.15, 0.2) is 0 Å². The summed E-state index contributed by atoms with van der Waals surface area (Å²) in [5.74, 6) is -1.99. The van der Waals surface area contributed by atoms with Gasteiger partial charge in [0.2, 0.25) is 0 Å². The van der Waals surface area contributed by atoms with Crippen molar-refractivity contribution in [3.05, 3.63) is 21.9 Å². The minimum Gasteiger partial charge on any atom is -0.506 e. The Balaban J connectivity index is 3.21. The number of carbonyl (C=O) groups is 1. The molecule has 1 heterocycles. The highest BCUT2D eigenvalue weighted by atomic mass is 79.9. The summed E-state index contributed by atoms with van der Waals surface area (Å²) in [5.41, 5.74) is -0.916. The van der Waals surface area contributed by atoms with Crippen LogP contribution in [-0.4, -0.2) is 21.2 Å². The molecule has 1 rings (SSSR count). The average Bonchev–Trinajstić information content (AvgIpc) is 2.09. The van der Waals surface area contributed by atoms with Crippen molar-refractivity contribution in [1.29, 1.82) is 0 Å². The van der Waals surface area contributed by atoms with Gasteiger partial charge >= 0.3 is 5.97 Å². The van der Waals surface area contributed by atoms with Crippen LogP contribution < -0.4 is 0 Å². The second-order valence-corrected chi connectivity index (χ2v) is 3.52. The molecule has 0 bridgehead atoms. The number of aliphatic carboxylic acids is 1. The van der Waals surface area contributed by atoms with E-state index in [0.717, 1.165) is 0 Å². The first-order chi connectivity index (χ1) is 6.91. The Morgan fingerprint density at radius 1 is 1.60 bits per heavy atom. The van der Waals surface area contributed by atoms with Crippen LogP contribution in [-0.2, 0) is 11.2 Å². The summed E-state index contributed by atoms with van der Waals surface area (Å²) in [6, 6.07) is 1.19. The fraction of sp³-hybridized carbons (Fsp3) is 0.250. The van der Waals surface area contributed by atoms with Gasteiger partial charge in [-0.05, 0) is 22.0 Å². The lowest BCUT2D eigenvalue weighted by atomic mass is 10.1. The molecule has 0 aromatic carbocycles. The van der Waals surface area contributed by atoms with Crippen molar-refractivity contribution >= 4 is 21.9 Å². The highest BCUT2D eigenvalue weighted by Crippen LogP contribution is 2.31. The normalized spacial score (nSPS) is 10.7. The molecular formula is C8H6BrF2NO3. The maximum Gasteiger partial charge on any atom is 0.307 e. The van der Waals surface area contributed by atoms with Crippen molar-refractivity contribution < 1.29 is 23.8 Å². The minimum absolute atomic E-state index is 0.0619. The molecule has 1 aromatic heterocycles. The molecule has 15 heavy (non-hydrogen) atoms. The van der Waals surface area contributed by atoms with E-state index in [1.54, 1.807) is 0 Å². The third kappa shape index (κ3) is 2.85. The minimum atomic E-state index is -2.95. The number of pyridine rings is 1. The Labute approximate surface area is 91.7 Å². The Morgan fingerprint density at radius 2 is 2.20 bits per heavy atom. The van der Waals surface area contributed by atoms with Crippen molar-refractivity contribution in [2.45, 2.75) is 12.8 Å². The van der Waals surface area contributed by atoms with Crippen molar-refractivity contribution in [3.8, 4) is 5.75 Å². The summed E-state index contributed by atoms with van der Waals surface area (Å²) in [4.78, 5) is 13.7. The molecule has 7 heteroatoms. The van der Waals surface area contributed by atoms with Crippen LogP contribution in [0.5, 0.6) is 5.75 Å². The monoisotopic (exact) mass is 281 g/mol. The smallest absolute Gasteiger partial charge is 0.307 e. The molecule has 0 radical (unpaired) electrons. The summed E-state index contributed by atoms with van der Waals surface area (Å²) >= 11 is 2.86. The van der Waals surface area contributed by atoms with E-state index < -0.39 is 30.3 Å². The van der Waals surface area contributed by atoms with Crippen LogP contribution in [0.15, 0.2) is 10.7 Å². The van der Waals surface area contributed by atoms with Crippen molar-refractivity contribution in [1.82, 2.24) is 4.98 Å². The molecule has 0 saturated carbocycles. The molecule has 0 amide bonds. The molecule has 0 aliphatic heterocycles. The second-order valence-electron chi connectivity index (χ2n) is 2.71. The van der Waals surface area contributed by atoms with Crippen LogP contribution in [0.2, 0.25) is 0 Å². The van der Waals surface area contributed by atoms with Crippen LogP contribution in [0.1, 0.15) is 17.7 Å². The lowest BCUT2D eigenvalue weighted by Crippen LogP contribution is -2.03. The summed E-state index contributed by atoms with van der Waals surface area (Å²) in [6.07, 6.45) is -3.48. The molecule has 82 valence electrons. The fourth-order valence-electron chi connectivity index (χ4n) is 1.03. The van der Waals surface area contributed by atoms with Gasteiger partial charge in [0.1, 0.15) is 16.0 Å². The van der Waals surface area contributed by atoms with Crippen LogP contribution in [0.4, 0.5) is 8.78 Å². The van der Waals surface area contributed by atoms with Crippen LogP contribution in [0.25, 0.3) is 0 Å². The molecule has 0 unspecified atom stereocenters. The SMILES string of the molecule is O=C(O)Cc1cc(Br)nc(C(F)F)c1O. The summed E-state index contributed by atoms with van der Waals surface area (Å²) < 4.78 is 24.7. The zero-order chi connectivity index (χ0) is 11.6. The van der Waals surface area contributed by atoms with Crippen molar-refractivity contribution in [2.24, 2.45) is 0 Å². The van der Waals surface area contributed by atoms with Crippen molar-refractivity contribution in [2.75, 3.05) is 0 Å². The average molecular weight is 282 g/mol. The number of nitrogens with zero attached hydrogens (tertiary/aromatic N) is 1. The fourth-order valence-corrected chi connectivity index (χ4v) is 1.49. The Morgan fingerprint density at radius 3 is 2.67 bits per heavy atom. The largest absolute Gasteiger partial charge is 0.506 e. The maximum absolute atomic E-state index is 12.3. The third-order valence-electron chi connectivity index (χ3n) is 1.62. The molecule has 0 aliphatic carbocycles. The predicted molar refractivity (Wildman–Crippen MR) is 49.9 cm³/mol. The lowest BCUT2D eigenvalue weighted by molar-refractivity contribution is -0.136. The molecule has 1 aromatic rings. The Bertz CT molecular complexity index is 398. The number of carboxylic acid groups (broad SMARTS) is 1. The van der Waals surface area contributed by atoms with Gasteiger partial charge in [-0.25, -0.2) is 13.8 Å². The quantitative estimate of drug-likeness (QED) is 0.833. The van der Waals surface area contributed by atoms with E-state index in [0.29, 0.717) is 0 Å². The molecule has 0 spiro atoms. The Hall–Kier alpha value is -1.24. The van der Waals surface area contributed by atoms with Gasteiger partial charge in [-0.1, -0.05) is 0 Å². The topological polar surface area (TPSA) is 70.4 Å². The van der Waals surface area contributed by atoms with E-state index in [1.807, 2.05) is 0 Å². The molecule has 0 fully saturated rings. The van der Waals surface area contributed by atoms with Crippen LogP contribution in [0.3, 0.4) is 0 Å². The molecule has 0 aliphatic rings. The zero-order valence-electron chi connectivity index (χ0n) is 7.25. The maximum atomic E-state index is 12.3. The van der Waals surface area contributed by atoms with Gasteiger partial charge in [-0.3, -0.25) is 4.79 Å². The van der Waals surface area contributed by atoms with E-state index >= 15 is 0 Å². The van der Waals surface area contributed by atoms with Crippen LogP contribution in [0, 0.1) is 0 Å². The lowest BCUT2D eigenvalue weighted by Gasteiger charge is -2.07. The number of aromatic hydroxyl groups is 1. The molecule has 0 atom stereocenters. The first kappa shape index (κ1) is 11.8. The van der Waals surface area contributed by atoms with Crippen LogP contribution >= 0.6 is 15.9 Å². The highest BCUT2D eigenvalue weighted by Gasteiger charge is 2.20. The van der Waals surface area contributed by atoms with E-state index in [4.69, 9.17) is 5.11 Å².